The number of carbonyl (C=O) groups is 1. The monoisotopic (exact) mass is 545 g/mol. The zero-order chi connectivity index (χ0) is 27.6. The summed E-state index contributed by atoms with van der Waals surface area (Å²) >= 11 is 0. The maximum Gasteiger partial charge on any atom is 0.217 e. The van der Waals surface area contributed by atoms with Gasteiger partial charge in [-0.1, -0.05) is 0 Å². The lowest BCUT2D eigenvalue weighted by atomic mass is 9.95. The first kappa shape index (κ1) is 30.4. The average molecular weight is 545 g/mol. The van der Waals surface area contributed by atoms with Crippen LogP contribution in [0.4, 0.5) is 0 Å². The van der Waals surface area contributed by atoms with Gasteiger partial charge in [-0.2, -0.15) is 0 Å². The van der Waals surface area contributed by atoms with E-state index >= 15 is 0 Å². The minimum absolute atomic E-state index is 0.627. The van der Waals surface area contributed by atoms with Crippen LogP contribution < -0.4 is 5.32 Å². The van der Waals surface area contributed by atoms with Gasteiger partial charge >= 0.3 is 0 Å². The quantitative estimate of drug-likeness (QED) is 0.135. The van der Waals surface area contributed by atoms with Gasteiger partial charge in [-0.15, -0.1) is 0 Å². The van der Waals surface area contributed by atoms with Gasteiger partial charge in [0.1, 0.15) is 73.2 Å². The second kappa shape index (κ2) is 12.8. The SMILES string of the molecule is CC(=O)NC1C(O)[C@H](O[C@@H]2OC(CO)[C@H](O)C(O[C@H]3OC(CO)[C@H](O)C(O)C3O)C2O)C(CO)O[C@H]1O. The largest absolute Gasteiger partial charge is 0.394 e. The highest BCUT2D eigenvalue weighted by Gasteiger charge is 2.53. The van der Waals surface area contributed by atoms with E-state index in [1.165, 1.54) is 0 Å². The van der Waals surface area contributed by atoms with Crippen molar-refractivity contribution in [2.75, 3.05) is 19.8 Å². The molecule has 0 saturated carbocycles. The third kappa shape index (κ3) is 6.38. The molecule has 0 bridgehead atoms. The normalized spacial score (nSPS) is 49.0. The van der Waals surface area contributed by atoms with Crippen molar-refractivity contribution in [1.82, 2.24) is 5.32 Å². The number of hydrogen-bond donors (Lipinski definition) is 11. The molecule has 11 N–H and O–H groups in total. The summed E-state index contributed by atoms with van der Waals surface area (Å²) < 4.78 is 26.9. The number of carbonyl (C=O) groups excluding carboxylic acids is 1. The van der Waals surface area contributed by atoms with Crippen LogP contribution in [-0.2, 0) is 28.5 Å². The molecule has 0 aromatic rings. The fourth-order valence-electron chi connectivity index (χ4n) is 4.46. The Labute approximate surface area is 210 Å². The molecule has 3 heterocycles. The molecular weight excluding hydrogens is 510 g/mol. The highest BCUT2D eigenvalue weighted by atomic mass is 16.7. The minimum Gasteiger partial charge on any atom is -0.394 e. The molecule has 3 rings (SSSR count). The summed E-state index contributed by atoms with van der Waals surface area (Å²) in [7, 11) is 0. The van der Waals surface area contributed by atoms with E-state index in [4.69, 9.17) is 23.7 Å². The van der Waals surface area contributed by atoms with E-state index < -0.39 is 118 Å². The van der Waals surface area contributed by atoms with Crippen LogP contribution in [0.2, 0.25) is 0 Å². The summed E-state index contributed by atoms with van der Waals surface area (Å²) in [5.41, 5.74) is 0. The number of ether oxygens (including phenoxy) is 5. The Bertz CT molecular complexity index is 745. The molecular formula is C20H35NO16. The minimum atomic E-state index is -1.91. The molecule has 37 heavy (non-hydrogen) atoms. The van der Waals surface area contributed by atoms with Crippen LogP contribution in [0.1, 0.15) is 6.92 Å². The number of amides is 1. The Hall–Kier alpha value is -1.13. The molecule has 3 aliphatic heterocycles. The Morgan fingerprint density at radius 1 is 0.649 bits per heavy atom. The highest BCUT2D eigenvalue weighted by molar-refractivity contribution is 5.73. The number of rotatable bonds is 8. The molecule has 1 amide bonds. The van der Waals surface area contributed by atoms with Gasteiger partial charge in [-0.25, -0.2) is 0 Å². The van der Waals surface area contributed by atoms with Gasteiger partial charge in [0.15, 0.2) is 18.9 Å². The van der Waals surface area contributed by atoms with Gasteiger partial charge in [0, 0.05) is 6.92 Å². The van der Waals surface area contributed by atoms with Crippen LogP contribution in [0.5, 0.6) is 0 Å². The van der Waals surface area contributed by atoms with Crippen molar-refractivity contribution >= 4 is 5.91 Å². The molecule has 9 unspecified atom stereocenters. The van der Waals surface area contributed by atoms with Gasteiger partial charge in [-0.05, 0) is 0 Å². The molecule has 0 aromatic heterocycles. The van der Waals surface area contributed by atoms with Gasteiger partial charge in [-0.3, -0.25) is 4.79 Å². The molecule has 3 fully saturated rings. The topological polar surface area (TPSA) is 278 Å². The first-order valence-corrected chi connectivity index (χ1v) is 11.6. The predicted octanol–water partition coefficient (Wildman–Crippen LogP) is -7.43. The molecule has 17 heteroatoms. The Kier molecular flexibility index (Phi) is 10.5. The summed E-state index contributed by atoms with van der Waals surface area (Å²) in [6, 6.07) is -1.40. The lowest BCUT2D eigenvalue weighted by Gasteiger charge is -2.48. The number of nitrogens with one attached hydrogen (secondary N) is 1. The molecule has 0 radical (unpaired) electrons. The van der Waals surface area contributed by atoms with Crippen LogP contribution in [0.15, 0.2) is 0 Å². The Morgan fingerprint density at radius 2 is 1.16 bits per heavy atom. The van der Waals surface area contributed by atoms with E-state index in [-0.39, 0.29) is 0 Å². The van der Waals surface area contributed by atoms with E-state index in [1.54, 1.807) is 0 Å². The highest BCUT2D eigenvalue weighted by Crippen LogP contribution is 2.32. The summed E-state index contributed by atoms with van der Waals surface area (Å²) in [4.78, 5) is 11.5. The van der Waals surface area contributed by atoms with Gasteiger partial charge in [0.05, 0.1) is 19.8 Å². The van der Waals surface area contributed by atoms with Crippen LogP contribution in [0.25, 0.3) is 0 Å². The van der Waals surface area contributed by atoms with Crippen LogP contribution in [-0.4, -0.2) is 169 Å². The van der Waals surface area contributed by atoms with Gasteiger partial charge in [0.25, 0.3) is 0 Å². The summed E-state index contributed by atoms with van der Waals surface area (Å²) in [6.45, 7) is -1.23. The smallest absolute Gasteiger partial charge is 0.217 e. The molecule has 0 spiro atoms. The third-order valence-electron chi connectivity index (χ3n) is 6.50. The first-order chi connectivity index (χ1) is 17.4. The first-order valence-electron chi connectivity index (χ1n) is 11.6. The van der Waals surface area contributed by atoms with Crippen molar-refractivity contribution in [3.05, 3.63) is 0 Å². The Morgan fingerprint density at radius 3 is 1.70 bits per heavy atom. The number of aliphatic hydroxyl groups is 10. The lowest BCUT2D eigenvalue weighted by Crippen LogP contribution is -2.68. The molecule has 3 aliphatic rings. The zero-order valence-electron chi connectivity index (χ0n) is 19.7. The van der Waals surface area contributed by atoms with Crippen LogP contribution in [0.3, 0.4) is 0 Å². The van der Waals surface area contributed by atoms with Gasteiger partial charge < -0.3 is 80.1 Å². The summed E-state index contributed by atoms with van der Waals surface area (Å²) in [6.07, 6.45) is -23.4. The fraction of sp³-hybridized carbons (Fsp3) is 0.950. The van der Waals surface area contributed by atoms with Crippen LogP contribution >= 0.6 is 0 Å². The van der Waals surface area contributed by atoms with Crippen molar-refractivity contribution in [3.63, 3.8) is 0 Å². The van der Waals surface area contributed by atoms with E-state index in [0.29, 0.717) is 0 Å². The third-order valence-corrected chi connectivity index (χ3v) is 6.50. The van der Waals surface area contributed by atoms with Crippen molar-refractivity contribution in [2.45, 2.75) is 99.0 Å². The predicted molar refractivity (Wildman–Crippen MR) is 113 cm³/mol. The maximum absolute atomic E-state index is 11.5. The molecule has 0 aliphatic carbocycles. The van der Waals surface area contributed by atoms with Crippen molar-refractivity contribution in [2.24, 2.45) is 0 Å². The zero-order valence-corrected chi connectivity index (χ0v) is 19.7. The second-order valence-corrected chi connectivity index (χ2v) is 9.07. The molecule has 3 saturated heterocycles. The van der Waals surface area contributed by atoms with Crippen molar-refractivity contribution in [1.29, 1.82) is 0 Å². The van der Waals surface area contributed by atoms with Crippen molar-refractivity contribution < 1.29 is 79.5 Å². The number of aliphatic hydroxyl groups excluding tert-OH is 10. The Balaban J connectivity index is 1.80. The fourth-order valence-corrected chi connectivity index (χ4v) is 4.46. The standard InChI is InChI=1S/C20H35NO16/c1-5(25)21-9-12(28)16(8(4-24)33-18(9)32)36-20-15(31)17(11(27)7(3-23)35-20)37-19-14(30)13(29)10(26)6(2-22)34-19/h6-20,22-24,26-32H,2-4H2,1H3,(H,21,25)/t6?,7?,8?,9?,10-,11-,12?,13?,14?,15?,16+,17?,18+,19+,20-/m0/s1. The number of hydrogen-bond acceptors (Lipinski definition) is 16. The van der Waals surface area contributed by atoms with E-state index in [0.717, 1.165) is 6.92 Å². The van der Waals surface area contributed by atoms with Crippen molar-refractivity contribution in [3.8, 4) is 0 Å². The lowest BCUT2D eigenvalue weighted by molar-refractivity contribution is -0.375. The second-order valence-electron chi connectivity index (χ2n) is 9.07. The molecule has 17 nitrogen and oxygen atoms in total. The van der Waals surface area contributed by atoms with E-state index in [1.807, 2.05) is 0 Å². The molecule has 0 aromatic carbocycles. The summed E-state index contributed by atoms with van der Waals surface area (Å²) in [5, 5.41) is 103. The van der Waals surface area contributed by atoms with E-state index in [9.17, 15) is 55.9 Å². The average Bonchev–Trinajstić information content (AvgIpc) is 2.86. The van der Waals surface area contributed by atoms with Gasteiger partial charge in [0.2, 0.25) is 5.91 Å². The maximum atomic E-state index is 11.5. The summed E-state index contributed by atoms with van der Waals surface area (Å²) in [5.74, 6) is -0.627. The molecule has 216 valence electrons. The molecule has 15 atom stereocenters. The van der Waals surface area contributed by atoms with Crippen LogP contribution in [0, 0.1) is 0 Å². The van der Waals surface area contributed by atoms with E-state index in [2.05, 4.69) is 5.32 Å².